The Labute approximate surface area is 154 Å². The molecule has 0 bridgehead atoms. The molecular weight excluding hydrogens is 324 g/mol. The van der Waals surface area contributed by atoms with E-state index in [2.05, 4.69) is 41.2 Å². The van der Waals surface area contributed by atoms with E-state index < -0.39 is 0 Å². The lowest BCUT2D eigenvalue weighted by Gasteiger charge is -2.20. The summed E-state index contributed by atoms with van der Waals surface area (Å²) in [5.74, 6) is 1.77. The Morgan fingerprint density at radius 2 is 1.54 bits per heavy atom. The molecule has 26 heavy (non-hydrogen) atoms. The van der Waals surface area contributed by atoms with Crippen LogP contribution >= 0.6 is 0 Å². The van der Waals surface area contributed by atoms with Crippen molar-refractivity contribution < 1.29 is 9.47 Å². The van der Waals surface area contributed by atoms with Gasteiger partial charge in [-0.3, -0.25) is 0 Å². The summed E-state index contributed by atoms with van der Waals surface area (Å²) in [4.78, 5) is 0. The van der Waals surface area contributed by atoms with Gasteiger partial charge in [-0.2, -0.15) is 0 Å². The quantitative estimate of drug-likeness (QED) is 0.861. The van der Waals surface area contributed by atoms with E-state index in [4.69, 9.17) is 9.47 Å². The zero-order valence-corrected chi connectivity index (χ0v) is 15.2. The van der Waals surface area contributed by atoms with Crippen molar-refractivity contribution in [2.24, 2.45) is 0 Å². The number of ether oxygens (including phenoxy) is 2. The van der Waals surface area contributed by atoms with E-state index in [0.717, 1.165) is 24.3 Å². The molecule has 134 valence electrons. The molecule has 4 nitrogen and oxygen atoms in total. The summed E-state index contributed by atoms with van der Waals surface area (Å²) in [5, 5.41) is 0. The fourth-order valence-electron chi connectivity index (χ4n) is 3.73. The van der Waals surface area contributed by atoms with E-state index in [1.54, 1.807) is 14.2 Å². The Kier molecular flexibility index (Phi) is 4.67. The van der Waals surface area contributed by atoms with Crippen molar-refractivity contribution in [2.45, 2.75) is 25.3 Å². The number of rotatable bonds is 4. The maximum Gasteiger partial charge on any atom is 0.118 e. The molecule has 1 atom stereocenters. The second-order valence-electron chi connectivity index (χ2n) is 6.67. The van der Waals surface area contributed by atoms with E-state index >= 15 is 0 Å². The van der Waals surface area contributed by atoms with E-state index in [-0.39, 0.29) is 6.04 Å². The normalized spacial score (nSPS) is 20.7. The van der Waals surface area contributed by atoms with E-state index in [1.165, 1.54) is 34.4 Å². The van der Waals surface area contributed by atoms with E-state index in [9.17, 15) is 0 Å². The summed E-state index contributed by atoms with van der Waals surface area (Å²) < 4.78 is 10.5. The van der Waals surface area contributed by atoms with Gasteiger partial charge in [-0.05, 0) is 71.9 Å². The van der Waals surface area contributed by atoms with Gasteiger partial charge in [-0.1, -0.05) is 24.3 Å². The summed E-state index contributed by atoms with van der Waals surface area (Å²) in [5.41, 5.74) is 13.4. The van der Waals surface area contributed by atoms with Crippen molar-refractivity contribution in [3.8, 4) is 11.5 Å². The molecule has 0 spiro atoms. The summed E-state index contributed by atoms with van der Waals surface area (Å²) in [6.07, 6.45) is 5.66. The van der Waals surface area contributed by atoms with Crippen LogP contribution in [0.25, 0.3) is 6.08 Å². The number of nitrogens with one attached hydrogen (secondary N) is 2. The van der Waals surface area contributed by atoms with Crippen LogP contribution < -0.4 is 20.3 Å². The van der Waals surface area contributed by atoms with Crippen LogP contribution in [0.1, 0.15) is 36.4 Å². The van der Waals surface area contributed by atoms with Crippen molar-refractivity contribution >= 4 is 6.08 Å². The average Bonchev–Trinajstić information content (AvgIpc) is 3.14. The van der Waals surface area contributed by atoms with Gasteiger partial charge in [0, 0.05) is 0 Å². The fraction of sp³-hybridized carbons (Fsp3) is 0.273. The van der Waals surface area contributed by atoms with Gasteiger partial charge in [0.25, 0.3) is 0 Å². The van der Waals surface area contributed by atoms with Crippen LogP contribution in [-0.2, 0) is 0 Å². The first-order valence-corrected chi connectivity index (χ1v) is 9.02. The van der Waals surface area contributed by atoms with Crippen LogP contribution in [0, 0.1) is 0 Å². The number of hydrazine groups is 1. The lowest BCUT2D eigenvalue weighted by molar-refractivity contribution is 0.414. The first-order chi connectivity index (χ1) is 12.8. The lowest BCUT2D eigenvalue weighted by Crippen LogP contribution is -2.27. The minimum Gasteiger partial charge on any atom is -0.497 e. The van der Waals surface area contributed by atoms with Crippen molar-refractivity contribution in [3.05, 3.63) is 76.5 Å². The van der Waals surface area contributed by atoms with Crippen LogP contribution in [0.15, 0.2) is 65.4 Å². The third kappa shape index (κ3) is 3.20. The van der Waals surface area contributed by atoms with Gasteiger partial charge in [-0.25, -0.2) is 5.43 Å². The van der Waals surface area contributed by atoms with E-state index in [1.807, 2.05) is 24.3 Å². The highest BCUT2D eigenvalue weighted by molar-refractivity contribution is 5.61. The summed E-state index contributed by atoms with van der Waals surface area (Å²) in [6.45, 7) is 0. The SMILES string of the molecule is COc1ccc(/C=C2/CCCC3=C2NN[C@@H]3c2ccc(OC)cc2)cc1. The molecule has 2 aromatic carbocycles. The van der Waals surface area contributed by atoms with Crippen molar-refractivity contribution in [1.29, 1.82) is 0 Å². The molecule has 0 saturated heterocycles. The monoisotopic (exact) mass is 348 g/mol. The molecule has 0 amide bonds. The third-order valence-corrected chi connectivity index (χ3v) is 5.13. The molecular formula is C22H24N2O2. The van der Waals surface area contributed by atoms with Crippen LogP contribution in [0.3, 0.4) is 0 Å². The zero-order valence-electron chi connectivity index (χ0n) is 15.2. The summed E-state index contributed by atoms with van der Waals surface area (Å²) in [6, 6.07) is 16.7. The zero-order chi connectivity index (χ0) is 17.9. The molecule has 1 heterocycles. The smallest absolute Gasteiger partial charge is 0.118 e. The minimum absolute atomic E-state index is 0.218. The van der Waals surface area contributed by atoms with Gasteiger partial charge in [0.05, 0.1) is 26.0 Å². The fourth-order valence-corrected chi connectivity index (χ4v) is 3.73. The number of benzene rings is 2. The average molecular weight is 348 g/mol. The Morgan fingerprint density at radius 3 is 2.19 bits per heavy atom. The molecule has 2 N–H and O–H groups in total. The largest absolute Gasteiger partial charge is 0.497 e. The van der Waals surface area contributed by atoms with Gasteiger partial charge < -0.3 is 14.9 Å². The molecule has 2 aliphatic rings. The van der Waals surface area contributed by atoms with Crippen molar-refractivity contribution in [3.63, 3.8) is 0 Å². The number of allylic oxidation sites excluding steroid dienone is 1. The lowest BCUT2D eigenvalue weighted by atomic mass is 9.86. The van der Waals surface area contributed by atoms with Gasteiger partial charge in [-0.15, -0.1) is 0 Å². The highest BCUT2D eigenvalue weighted by Crippen LogP contribution is 2.39. The summed E-state index contributed by atoms with van der Waals surface area (Å²) in [7, 11) is 3.39. The molecule has 4 heteroatoms. The van der Waals surface area contributed by atoms with Crippen molar-refractivity contribution in [2.75, 3.05) is 14.2 Å². The van der Waals surface area contributed by atoms with Crippen LogP contribution in [0.4, 0.5) is 0 Å². The van der Waals surface area contributed by atoms with Crippen LogP contribution in [0.5, 0.6) is 11.5 Å². The predicted octanol–water partition coefficient (Wildman–Crippen LogP) is 4.37. The second-order valence-corrected chi connectivity index (χ2v) is 6.67. The van der Waals surface area contributed by atoms with Crippen molar-refractivity contribution in [1.82, 2.24) is 10.9 Å². The molecule has 0 saturated carbocycles. The van der Waals surface area contributed by atoms with Gasteiger partial charge in [0.15, 0.2) is 0 Å². The third-order valence-electron chi connectivity index (χ3n) is 5.13. The molecule has 2 aromatic rings. The number of hydrogen-bond acceptors (Lipinski definition) is 4. The molecule has 0 aromatic heterocycles. The predicted molar refractivity (Wildman–Crippen MR) is 104 cm³/mol. The molecule has 4 rings (SSSR count). The van der Waals surface area contributed by atoms with Gasteiger partial charge in [0.1, 0.15) is 11.5 Å². The molecule has 1 aliphatic carbocycles. The number of hydrogen-bond donors (Lipinski definition) is 2. The highest BCUT2D eigenvalue weighted by atomic mass is 16.5. The molecule has 1 aliphatic heterocycles. The topological polar surface area (TPSA) is 42.5 Å². The van der Waals surface area contributed by atoms with E-state index in [0.29, 0.717) is 0 Å². The minimum atomic E-state index is 0.218. The molecule has 0 unspecified atom stereocenters. The highest BCUT2D eigenvalue weighted by Gasteiger charge is 2.30. The second kappa shape index (κ2) is 7.26. The summed E-state index contributed by atoms with van der Waals surface area (Å²) >= 11 is 0. The Bertz CT molecular complexity index is 835. The van der Waals surface area contributed by atoms with Crippen LogP contribution in [0.2, 0.25) is 0 Å². The Morgan fingerprint density at radius 1 is 0.885 bits per heavy atom. The maximum atomic E-state index is 5.27. The maximum absolute atomic E-state index is 5.27. The number of methoxy groups -OCH3 is 2. The van der Waals surface area contributed by atoms with Gasteiger partial charge in [0.2, 0.25) is 0 Å². The first kappa shape index (κ1) is 16.7. The van der Waals surface area contributed by atoms with Crippen LogP contribution in [-0.4, -0.2) is 14.2 Å². The Hall–Kier alpha value is -2.72. The first-order valence-electron chi connectivity index (χ1n) is 9.02. The molecule has 0 fully saturated rings. The van der Waals surface area contributed by atoms with Gasteiger partial charge >= 0.3 is 0 Å². The molecule has 0 radical (unpaired) electrons. The Balaban J connectivity index is 1.62. The standard InChI is InChI=1S/C22H24N2O2/c1-25-18-10-6-15(7-11-18)14-17-4-3-5-20-21(23-24-22(17)20)16-8-12-19(26-2)13-9-16/h6-14,21,23-24H,3-5H2,1-2H3/b17-14-/t21-/m1/s1.